The molecule has 0 saturated heterocycles. The van der Waals surface area contributed by atoms with Crippen LogP contribution in [0.5, 0.6) is 0 Å². The highest BCUT2D eigenvalue weighted by atomic mass is 35.5. The number of esters is 1. The number of rotatable bonds is 5. The molecule has 0 fully saturated rings. The molecule has 0 bridgehead atoms. The number of ether oxygens (including phenoxy) is 1. The monoisotopic (exact) mass is 433 g/mol. The van der Waals surface area contributed by atoms with E-state index in [0.717, 1.165) is 11.3 Å². The van der Waals surface area contributed by atoms with Crippen LogP contribution in [0.25, 0.3) is 11.0 Å². The van der Waals surface area contributed by atoms with Crippen LogP contribution in [0.4, 0.5) is 5.00 Å². The van der Waals surface area contributed by atoms with Crippen LogP contribution in [0.2, 0.25) is 5.02 Å². The predicted octanol–water partition coefficient (Wildman–Crippen LogP) is 4.45. The number of hydrogen-bond donors (Lipinski definition) is 1. The molecule has 1 aromatic carbocycles. The average Bonchev–Trinajstić information content (AvgIpc) is 2.97. The third-order valence-corrected chi connectivity index (χ3v) is 5.66. The Morgan fingerprint density at radius 2 is 1.97 bits per heavy atom. The van der Waals surface area contributed by atoms with E-state index in [2.05, 4.69) is 5.32 Å². The number of hydrogen-bond acceptors (Lipinski definition) is 7. The smallest absolute Gasteiger partial charge is 0.349 e. The fourth-order valence-electron chi connectivity index (χ4n) is 2.81. The number of thiophene rings is 1. The van der Waals surface area contributed by atoms with E-state index in [-0.39, 0.29) is 34.1 Å². The van der Waals surface area contributed by atoms with E-state index in [0.29, 0.717) is 20.8 Å². The number of anilines is 1. The van der Waals surface area contributed by atoms with Gasteiger partial charge in [-0.15, -0.1) is 11.3 Å². The quantitative estimate of drug-likeness (QED) is 0.362. The molecule has 1 N–H and O–H groups in total. The standard InChI is InChI=1S/C20H16ClNO6S/c1-4-27-20(26)15-9(2)16(10(3)23)29-18(15)22-17(24)13-8-11-7-12(21)5-6-14(11)28-19(13)25/h5-8H,4H2,1-3H3,(H,22,24). The fourth-order valence-corrected chi connectivity index (χ4v) is 4.08. The van der Waals surface area contributed by atoms with Crippen LogP contribution < -0.4 is 10.9 Å². The Balaban J connectivity index is 2.05. The second-order valence-electron chi connectivity index (χ2n) is 6.12. The first-order valence-electron chi connectivity index (χ1n) is 8.59. The van der Waals surface area contributed by atoms with Crippen molar-refractivity contribution in [3.8, 4) is 0 Å². The summed E-state index contributed by atoms with van der Waals surface area (Å²) in [4.78, 5) is 49.5. The molecular formula is C20H16ClNO6S. The fraction of sp³-hybridized carbons (Fsp3) is 0.200. The van der Waals surface area contributed by atoms with E-state index in [9.17, 15) is 19.2 Å². The molecule has 150 valence electrons. The van der Waals surface area contributed by atoms with Crippen molar-refractivity contribution in [2.24, 2.45) is 0 Å². The van der Waals surface area contributed by atoms with Crippen LogP contribution in [0.15, 0.2) is 33.5 Å². The van der Waals surface area contributed by atoms with Crippen LogP contribution >= 0.6 is 22.9 Å². The summed E-state index contributed by atoms with van der Waals surface area (Å²) in [6, 6.07) is 6.01. The normalized spacial score (nSPS) is 10.8. The molecule has 0 aliphatic heterocycles. The summed E-state index contributed by atoms with van der Waals surface area (Å²) in [6.45, 7) is 4.74. The van der Waals surface area contributed by atoms with Gasteiger partial charge in [0.05, 0.1) is 17.0 Å². The highest BCUT2D eigenvalue weighted by Gasteiger charge is 2.26. The summed E-state index contributed by atoms with van der Waals surface area (Å²) < 4.78 is 10.2. The van der Waals surface area contributed by atoms with Gasteiger partial charge in [-0.2, -0.15) is 0 Å². The van der Waals surface area contributed by atoms with Gasteiger partial charge < -0.3 is 14.5 Å². The maximum absolute atomic E-state index is 12.8. The molecule has 9 heteroatoms. The molecule has 0 aliphatic rings. The molecule has 3 rings (SSSR count). The zero-order chi connectivity index (χ0) is 21.3. The zero-order valence-corrected chi connectivity index (χ0v) is 17.3. The zero-order valence-electron chi connectivity index (χ0n) is 15.8. The maximum atomic E-state index is 12.8. The minimum atomic E-state index is -0.838. The topological polar surface area (TPSA) is 103 Å². The van der Waals surface area contributed by atoms with Gasteiger partial charge >= 0.3 is 11.6 Å². The Bertz CT molecular complexity index is 1210. The van der Waals surface area contributed by atoms with Gasteiger partial charge in [0.2, 0.25) is 0 Å². The van der Waals surface area contributed by atoms with Gasteiger partial charge in [-0.05, 0) is 50.6 Å². The third-order valence-electron chi connectivity index (χ3n) is 4.11. The highest BCUT2D eigenvalue weighted by molar-refractivity contribution is 7.18. The number of amides is 1. The van der Waals surface area contributed by atoms with E-state index in [1.165, 1.54) is 19.1 Å². The first kappa shape index (κ1) is 20.8. The second kappa shape index (κ2) is 8.18. The van der Waals surface area contributed by atoms with E-state index >= 15 is 0 Å². The number of nitrogens with one attached hydrogen (secondary N) is 1. The molecular weight excluding hydrogens is 418 g/mol. The first-order valence-corrected chi connectivity index (χ1v) is 9.78. The molecule has 2 heterocycles. The van der Waals surface area contributed by atoms with Gasteiger partial charge in [0.1, 0.15) is 16.1 Å². The van der Waals surface area contributed by atoms with Crippen LogP contribution in [-0.2, 0) is 4.74 Å². The molecule has 0 aliphatic carbocycles. The van der Waals surface area contributed by atoms with E-state index < -0.39 is 17.5 Å². The summed E-state index contributed by atoms with van der Waals surface area (Å²) in [6.07, 6.45) is 0. The molecule has 3 aromatic rings. The van der Waals surface area contributed by atoms with Crippen LogP contribution in [-0.4, -0.2) is 24.3 Å². The van der Waals surface area contributed by atoms with Crippen molar-refractivity contribution in [2.45, 2.75) is 20.8 Å². The van der Waals surface area contributed by atoms with Crippen molar-refractivity contribution in [1.29, 1.82) is 0 Å². The lowest BCUT2D eigenvalue weighted by molar-refractivity contribution is 0.0527. The van der Waals surface area contributed by atoms with Crippen LogP contribution in [0, 0.1) is 6.92 Å². The van der Waals surface area contributed by atoms with Gasteiger partial charge in [0.15, 0.2) is 5.78 Å². The predicted molar refractivity (Wildman–Crippen MR) is 110 cm³/mol. The van der Waals surface area contributed by atoms with Crippen LogP contribution in [0.1, 0.15) is 49.8 Å². The second-order valence-corrected chi connectivity index (χ2v) is 7.58. The van der Waals surface area contributed by atoms with Gasteiger partial charge in [-0.1, -0.05) is 11.6 Å². The summed E-state index contributed by atoms with van der Waals surface area (Å²) in [7, 11) is 0. The van der Waals surface area contributed by atoms with Gasteiger partial charge in [0.25, 0.3) is 5.91 Å². The molecule has 29 heavy (non-hydrogen) atoms. The largest absolute Gasteiger partial charge is 0.462 e. The number of carbonyl (C=O) groups excluding carboxylic acids is 3. The average molecular weight is 434 g/mol. The minimum Gasteiger partial charge on any atom is -0.462 e. The van der Waals surface area contributed by atoms with Crippen molar-refractivity contribution in [1.82, 2.24) is 0 Å². The molecule has 0 radical (unpaired) electrons. The summed E-state index contributed by atoms with van der Waals surface area (Å²) >= 11 is 6.90. The summed E-state index contributed by atoms with van der Waals surface area (Å²) in [5, 5.41) is 3.55. The van der Waals surface area contributed by atoms with E-state index in [1.54, 1.807) is 26.0 Å². The molecule has 0 saturated carbocycles. The van der Waals surface area contributed by atoms with Gasteiger partial charge in [0, 0.05) is 10.4 Å². The number of carbonyl (C=O) groups is 3. The van der Waals surface area contributed by atoms with Crippen LogP contribution in [0.3, 0.4) is 0 Å². The molecule has 7 nitrogen and oxygen atoms in total. The van der Waals surface area contributed by atoms with Gasteiger partial charge in [-0.25, -0.2) is 9.59 Å². The van der Waals surface area contributed by atoms with Gasteiger partial charge in [-0.3, -0.25) is 9.59 Å². The number of fused-ring (bicyclic) bond motifs is 1. The lowest BCUT2D eigenvalue weighted by Crippen LogP contribution is -2.21. The summed E-state index contributed by atoms with van der Waals surface area (Å²) in [5.74, 6) is -1.69. The van der Waals surface area contributed by atoms with Crippen molar-refractivity contribution >= 4 is 56.6 Å². The summed E-state index contributed by atoms with van der Waals surface area (Å²) in [5.41, 5.74) is -0.314. The Hall–Kier alpha value is -2.97. The number of Topliss-reactive ketones (excluding diaryl/α,β-unsaturated/α-hetero) is 1. The number of ketones is 1. The first-order chi connectivity index (χ1) is 13.7. The molecule has 0 unspecified atom stereocenters. The Labute approximate surface area is 174 Å². The molecule has 2 aromatic heterocycles. The number of benzene rings is 1. The Morgan fingerprint density at radius 3 is 2.62 bits per heavy atom. The molecule has 0 atom stereocenters. The van der Waals surface area contributed by atoms with E-state index in [1.807, 2.05) is 0 Å². The Morgan fingerprint density at radius 1 is 1.24 bits per heavy atom. The lowest BCUT2D eigenvalue weighted by Gasteiger charge is -2.07. The van der Waals surface area contributed by atoms with Crippen molar-refractivity contribution in [2.75, 3.05) is 11.9 Å². The number of halogens is 1. The van der Waals surface area contributed by atoms with E-state index in [4.69, 9.17) is 20.8 Å². The van der Waals surface area contributed by atoms with Crippen molar-refractivity contribution in [3.63, 3.8) is 0 Å². The van der Waals surface area contributed by atoms with Crippen molar-refractivity contribution in [3.05, 3.63) is 61.3 Å². The molecule has 1 amide bonds. The highest BCUT2D eigenvalue weighted by Crippen LogP contribution is 2.34. The minimum absolute atomic E-state index is 0.0867. The van der Waals surface area contributed by atoms with Crippen molar-refractivity contribution < 1.29 is 23.5 Å². The Kier molecular flexibility index (Phi) is 5.86. The third kappa shape index (κ3) is 4.08. The lowest BCUT2D eigenvalue weighted by atomic mass is 10.1. The SMILES string of the molecule is CCOC(=O)c1c(NC(=O)c2cc3cc(Cl)ccc3oc2=O)sc(C(C)=O)c1C. The molecule has 0 spiro atoms. The maximum Gasteiger partial charge on any atom is 0.349 e.